The largest absolute Gasteiger partial charge is 0.497 e. The molecule has 0 radical (unpaired) electrons. The predicted molar refractivity (Wildman–Crippen MR) is 113 cm³/mol. The molecule has 6 nitrogen and oxygen atoms in total. The number of likely N-dealkylation sites (tertiary alicyclic amines) is 1. The normalized spacial score (nSPS) is 20.8. The highest BCUT2D eigenvalue weighted by atomic mass is 32.1. The Morgan fingerprint density at radius 3 is 2.68 bits per heavy atom. The molecule has 1 amide bonds. The number of anilines is 1. The monoisotopic (exact) mass is 402 g/mol. The number of ether oxygens (including phenoxy) is 1. The van der Waals surface area contributed by atoms with Crippen LogP contribution in [0.4, 0.5) is 5.69 Å². The number of amides is 1. The fraction of sp³-hybridized carbons (Fsp3) is 0.571. The summed E-state index contributed by atoms with van der Waals surface area (Å²) in [4.78, 5) is 15.0. The first-order valence-electron chi connectivity index (χ1n) is 9.98. The lowest BCUT2D eigenvalue weighted by Crippen LogP contribution is -2.37. The van der Waals surface area contributed by atoms with Crippen LogP contribution in [0, 0.1) is 11.8 Å². The topological polar surface area (TPSA) is 67.3 Å². The molecule has 7 heteroatoms. The zero-order chi connectivity index (χ0) is 20.1. The Bertz CT molecular complexity index is 775. The second-order valence-electron chi connectivity index (χ2n) is 7.94. The molecule has 1 aliphatic rings. The molecular weight excluding hydrogens is 372 g/mol. The van der Waals surface area contributed by atoms with Gasteiger partial charge in [0.1, 0.15) is 10.8 Å². The number of methoxy groups -OCH3 is 1. The quantitative estimate of drug-likeness (QED) is 0.773. The van der Waals surface area contributed by atoms with E-state index in [0.717, 1.165) is 29.8 Å². The maximum absolute atomic E-state index is 12.5. The number of hydrogen-bond acceptors (Lipinski definition) is 6. The SMILES string of the molecule is COc1ccc(NC(=O)c2nnc(CN3CCC(C)CCC3C(C)C)s2)cc1. The van der Waals surface area contributed by atoms with Gasteiger partial charge in [-0.1, -0.05) is 32.1 Å². The van der Waals surface area contributed by atoms with E-state index in [1.165, 1.54) is 30.6 Å². The molecule has 1 fully saturated rings. The Balaban J connectivity index is 1.64. The fourth-order valence-corrected chi connectivity index (χ4v) is 4.49. The third kappa shape index (κ3) is 5.29. The third-order valence-corrected chi connectivity index (χ3v) is 6.36. The number of nitrogens with one attached hydrogen (secondary N) is 1. The number of nitrogens with zero attached hydrogens (tertiary/aromatic N) is 3. The van der Waals surface area contributed by atoms with E-state index in [9.17, 15) is 4.79 Å². The van der Waals surface area contributed by atoms with E-state index in [2.05, 4.69) is 41.2 Å². The summed E-state index contributed by atoms with van der Waals surface area (Å²) in [7, 11) is 1.62. The van der Waals surface area contributed by atoms with Gasteiger partial charge in [0.2, 0.25) is 5.01 Å². The standard InChI is InChI=1S/C21H30N4O2S/c1-14(2)18-10-5-15(3)11-12-25(18)13-19-23-24-21(28-19)20(26)22-16-6-8-17(27-4)9-7-16/h6-9,14-15,18H,5,10-13H2,1-4H3,(H,22,26). The molecule has 2 atom stereocenters. The van der Waals surface area contributed by atoms with E-state index < -0.39 is 0 Å². The van der Waals surface area contributed by atoms with E-state index in [1.807, 2.05) is 24.3 Å². The Morgan fingerprint density at radius 1 is 1.25 bits per heavy atom. The molecule has 2 aromatic rings. The predicted octanol–water partition coefficient (Wildman–Crippen LogP) is 4.45. The number of aromatic nitrogens is 2. The van der Waals surface area contributed by atoms with Crippen molar-refractivity contribution in [1.29, 1.82) is 0 Å². The summed E-state index contributed by atoms with van der Waals surface area (Å²) in [5, 5.41) is 12.6. The van der Waals surface area contributed by atoms with Crippen molar-refractivity contribution >= 4 is 22.9 Å². The van der Waals surface area contributed by atoms with E-state index >= 15 is 0 Å². The van der Waals surface area contributed by atoms with Crippen molar-refractivity contribution in [1.82, 2.24) is 15.1 Å². The van der Waals surface area contributed by atoms with E-state index in [1.54, 1.807) is 7.11 Å². The Morgan fingerprint density at radius 2 is 2.00 bits per heavy atom. The van der Waals surface area contributed by atoms with E-state index in [4.69, 9.17) is 4.74 Å². The van der Waals surface area contributed by atoms with Crippen LogP contribution in [0.1, 0.15) is 54.8 Å². The molecule has 1 aromatic carbocycles. The zero-order valence-corrected chi connectivity index (χ0v) is 18.0. The van der Waals surface area contributed by atoms with E-state index in [-0.39, 0.29) is 5.91 Å². The lowest BCUT2D eigenvalue weighted by molar-refractivity contribution is 0.102. The van der Waals surface area contributed by atoms with Crippen LogP contribution in [0.25, 0.3) is 0 Å². The van der Waals surface area contributed by atoms with Gasteiger partial charge >= 0.3 is 0 Å². The third-order valence-electron chi connectivity index (χ3n) is 5.45. The zero-order valence-electron chi connectivity index (χ0n) is 17.1. The molecule has 0 saturated carbocycles. The van der Waals surface area contributed by atoms with Crippen LogP contribution < -0.4 is 10.1 Å². The number of carbonyl (C=O) groups is 1. The minimum atomic E-state index is -0.223. The second kappa shape index (κ2) is 9.47. The van der Waals surface area contributed by atoms with Crippen molar-refractivity contribution in [2.75, 3.05) is 19.0 Å². The average Bonchev–Trinajstić information content (AvgIpc) is 3.07. The van der Waals surface area contributed by atoms with Gasteiger partial charge in [-0.25, -0.2) is 0 Å². The summed E-state index contributed by atoms with van der Waals surface area (Å²) in [5.74, 6) is 1.91. The lowest BCUT2D eigenvalue weighted by Gasteiger charge is -2.31. The summed E-state index contributed by atoms with van der Waals surface area (Å²) >= 11 is 1.38. The number of hydrogen-bond donors (Lipinski definition) is 1. The van der Waals surface area contributed by atoms with Gasteiger partial charge < -0.3 is 10.1 Å². The number of benzene rings is 1. The Hall–Kier alpha value is -1.99. The Labute approximate surface area is 171 Å². The molecule has 0 spiro atoms. The van der Waals surface area contributed by atoms with Gasteiger partial charge in [0.15, 0.2) is 0 Å². The van der Waals surface area contributed by atoms with E-state index in [0.29, 0.717) is 22.7 Å². The van der Waals surface area contributed by atoms with Gasteiger partial charge in [-0.05, 0) is 61.9 Å². The molecule has 1 aliphatic heterocycles. The van der Waals surface area contributed by atoms with Crippen LogP contribution in [0.5, 0.6) is 5.75 Å². The first kappa shape index (κ1) is 20.7. The van der Waals surface area contributed by atoms with Crippen molar-refractivity contribution in [2.24, 2.45) is 11.8 Å². The second-order valence-corrected chi connectivity index (χ2v) is 9.00. The number of carbonyl (C=O) groups excluding carboxylic acids is 1. The molecule has 1 N–H and O–H groups in total. The molecule has 0 aliphatic carbocycles. The minimum Gasteiger partial charge on any atom is -0.497 e. The number of rotatable bonds is 6. The molecule has 1 aromatic heterocycles. The summed E-state index contributed by atoms with van der Waals surface area (Å²) in [6.07, 6.45) is 3.72. The van der Waals surface area contributed by atoms with Crippen molar-refractivity contribution in [3.8, 4) is 5.75 Å². The summed E-state index contributed by atoms with van der Waals surface area (Å²) in [6.45, 7) is 8.77. The highest BCUT2D eigenvalue weighted by molar-refractivity contribution is 7.13. The van der Waals surface area contributed by atoms with Crippen LogP contribution in [0.3, 0.4) is 0 Å². The molecule has 152 valence electrons. The molecule has 0 bridgehead atoms. The maximum Gasteiger partial charge on any atom is 0.286 e. The molecule has 28 heavy (non-hydrogen) atoms. The Kier molecular flexibility index (Phi) is 7.02. The van der Waals surface area contributed by atoms with Gasteiger partial charge in [0, 0.05) is 11.7 Å². The first-order valence-corrected chi connectivity index (χ1v) is 10.8. The smallest absolute Gasteiger partial charge is 0.286 e. The van der Waals surface area contributed by atoms with Gasteiger partial charge in [0.25, 0.3) is 5.91 Å². The van der Waals surface area contributed by atoms with Crippen LogP contribution in [0.15, 0.2) is 24.3 Å². The van der Waals surface area contributed by atoms with Crippen LogP contribution >= 0.6 is 11.3 Å². The lowest BCUT2D eigenvalue weighted by atomic mass is 9.95. The molecule has 2 heterocycles. The molecule has 2 unspecified atom stereocenters. The van der Waals surface area contributed by atoms with Gasteiger partial charge in [-0.15, -0.1) is 10.2 Å². The molecule has 3 rings (SSSR count). The van der Waals surface area contributed by atoms with Crippen LogP contribution in [-0.2, 0) is 6.54 Å². The van der Waals surface area contributed by atoms with Gasteiger partial charge in [-0.3, -0.25) is 9.69 Å². The molecular formula is C21H30N4O2S. The maximum atomic E-state index is 12.5. The fourth-order valence-electron chi connectivity index (χ4n) is 3.73. The van der Waals surface area contributed by atoms with Crippen molar-refractivity contribution in [3.05, 3.63) is 34.3 Å². The van der Waals surface area contributed by atoms with Crippen LogP contribution in [-0.4, -0.2) is 40.7 Å². The van der Waals surface area contributed by atoms with Crippen molar-refractivity contribution < 1.29 is 9.53 Å². The summed E-state index contributed by atoms with van der Waals surface area (Å²) < 4.78 is 5.14. The highest BCUT2D eigenvalue weighted by Gasteiger charge is 2.27. The van der Waals surface area contributed by atoms with Crippen molar-refractivity contribution in [3.63, 3.8) is 0 Å². The van der Waals surface area contributed by atoms with Crippen molar-refractivity contribution in [2.45, 2.75) is 52.6 Å². The summed E-state index contributed by atoms with van der Waals surface area (Å²) in [5.41, 5.74) is 0.712. The average molecular weight is 403 g/mol. The van der Waals surface area contributed by atoms with Gasteiger partial charge in [-0.2, -0.15) is 0 Å². The summed E-state index contributed by atoms with van der Waals surface area (Å²) in [6, 6.07) is 7.81. The molecule has 1 saturated heterocycles. The van der Waals surface area contributed by atoms with Gasteiger partial charge in [0.05, 0.1) is 13.7 Å². The minimum absolute atomic E-state index is 0.223. The first-order chi connectivity index (χ1) is 13.5. The van der Waals surface area contributed by atoms with Crippen LogP contribution in [0.2, 0.25) is 0 Å². The highest BCUT2D eigenvalue weighted by Crippen LogP contribution is 2.28.